The van der Waals surface area contributed by atoms with Crippen LogP contribution < -0.4 is 0 Å². The van der Waals surface area contributed by atoms with Gasteiger partial charge < -0.3 is 5.11 Å². The molecule has 1 aliphatic rings. The molecule has 6 heteroatoms. The molecule has 0 aromatic carbocycles. The van der Waals surface area contributed by atoms with Crippen LogP contribution in [0.25, 0.3) is 0 Å². The van der Waals surface area contributed by atoms with E-state index in [1.54, 1.807) is 6.08 Å². The zero-order valence-corrected chi connectivity index (χ0v) is 13.4. The Morgan fingerprint density at radius 3 is 2.25 bits per heavy atom. The van der Waals surface area contributed by atoms with Crippen LogP contribution in [0, 0.1) is 17.3 Å². The van der Waals surface area contributed by atoms with Gasteiger partial charge in [0, 0.05) is 9.65 Å². The van der Waals surface area contributed by atoms with Gasteiger partial charge in [-0.05, 0) is 17.4 Å². The zero-order chi connectivity index (χ0) is 12.7. The Hall–Kier alpha value is 0.750. The minimum absolute atomic E-state index is 0.00361. The number of carboxylic acids is 1. The maximum absolute atomic E-state index is 11.0. The minimum Gasteiger partial charge on any atom is -0.481 e. The fourth-order valence-corrected chi connectivity index (χ4v) is 4.46. The van der Waals surface area contributed by atoms with Gasteiger partial charge >= 0.3 is 5.97 Å². The van der Waals surface area contributed by atoms with E-state index in [0.717, 1.165) is 0 Å². The monoisotopic (exact) mass is 392 g/mol. The van der Waals surface area contributed by atoms with Gasteiger partial charge in [-0.3, -0.25) is 4.79 Å². The van der Waals surface area contributed by atoms with Crippen molar-refractivity contribution in [2.75, 3.05) is 0 Å². The molecule has 0 heterocycles. The fourth-order valence-electron chi connectivity index (χ4n) is 2.15. The lowest BCUT2D eigenvalue weighted by Gasteiger charge is -2.14. The highest BCUT2D eigenvalue weighted by molar-refractivity contribution is 9.12. The molecule has 0 aromatic heterocycles. The molecule has 0 radical (unpaired) electrons. The average Bonchev–Trinajstić information content (AvgIpc) is 2.66. The fraction of sp³-hybridized carbons (Fsp3) is 0.700. The van der Waals surface area contributed by atoms with Crippen LogP contribution in [0.1, 0.15) is 13.8 Å². The molecule has 1 saturated carbocycles. The Bertz CT molecular complexity index is 327. The van der Waals surface area contributed by atoms with Crippen LogP contribution in [0.4, 0.5) is 0 Å². The van der Waals surface area contributed by atoms with Gasteiger partial charge in [0.05, 0.1) is 5.92 Å². The smallest absolute Gasteiger partial charge is 0.307 e. The predicted octanol–water partition coefficient (Wildman–Crippen LogP) is 4.19. The van der Waals surface area contributed by atoms with Crippen LogP contribution in [0.15, 0.2) is 10.6 Å². The summed E-state index contributed by atoms with van der Waals surface area (Å²) in [4.78, 5) is 11.0. The first-order chi connectivity index (χ1) is 7.19. The summed E-state index contributed by atoms with van der Waals surface area (Å²) in [5, 5.41) is 9.07. The maximum atomic E-state index is 11.0. The van der Waals surface area contributed by atoms with E-state index >= 15 is 0 Å². The molecule has 1 N–H and O–H groups in total. The summed E-state index contributed by atoms with van der Waals surface area (Å²) in [6, 6.07) is 0. The molecule has 1 fully saturated rings. The van der Waals surface area contributed by atoms with Crippen molar-refractivity contribution in [1.82, 2.24) is 0 Å². The van der Waals surface area contributed by atoms with Crippen LogP contribution >= 0.6 is 55.1 Å². The Morgan fingerprint density at radius 1 is 1.44 bits per heavy atom. The maximum Gasteiger partial charge on any atom is 0.307 e. The van der Waals surface area contributed by atoms with Crippen molar-refractivity contribution in [1.29, 1.82) is 0 Å². The molecule has 0 aromatic rings. The first kappa shape index (κ1) is 14.8. The van der Waals surface area contributed by atoms with Gasteiger partial charge in [-0.15, -0.1) is 0 Å². The van der Waals surface area contributed by atoms with Crippen molar-refractivity contribution in [3.63, 3.8) is 0 Å². The highest BCUT2D eigenvalue weighted by atomic mass is 79.9. The van der Waals surface area contributed by atoms with Crippen molar-refractivity contribution in [2.24, 2.45) is 17.3 Å². The van der Waals surface area contributed by atoms with Crippen LogP contribution in [0.2, 0.25) is 0 Å². The molecule has 2 nitrogen and oxygen atoms in total. The Labute approximate surface area is 122 Å². The summed E-state index contributed by atoms with van der Waals surface area (Å²) in [5.74, 6) is -1.00. The van der Waals surface area contributed by atoms with Gasteiger partial charge in [0.15, 0.2) is 0 Å². The molecular formula is C10H12Br2Cl2O2. The topological polar surface area (TPSA) is 37.3 Å². The molecule has 0 amide bonds. The second-order valence-corrected chi connectivity index (χ2v) is 7.63. The minimum atomic E-state index is -0.750. The zero-order valence-electron chi connectivity index (χ0n) is 8.75. The number of carboxylic acid groups (broad SMARTS) is 1. The number of allylic oxidation sites excluding steroid dienone is 1. The SMILES string of the molecule is CC1(C)[C@H](C(=O)O)[C@H]1C(Br)C(Br)C=C(Cl)Cl. The summed E-state index contributed by atoms with van der Waals surface area (Å²) in [6.07, 6.45) is 1.65. The van der Waals surface area contributed by atoms with Crippen molar-refractivity contribution >= 4 is 61.0 Å². The molecule has 0 saturated heterocycles. The highest BCUT2D eigenvalue weighted by Crippen LogP contribution is 2.62. The quantitative estimate of drug-likeness (QED) is 0.726. The lowest BCUT2D eigenvalue weighted by atomic mass is 10.1. The highest BCUT2D eigenvalue weighted by Gasteiger charge is 2.65. The number of carbonyl (C=O) groups is 1. The van der Waals surface area contributed by atoms with Gasteiger partial charge in [0.1, 0.15) is 4.49 Å². The van der Waals surface area contributed by atoms with Gasteiger partial charge in [0.2, 0.25) is 0 Å². The third kappa shape index (κ3) is 2.95. The first-order valence-corrected chi connectivity index (χ1v) is 7.32. The van der Waals surface area contributed by atoms with E-state index < -0.39 is 5.97 Å². The van der Waals surface area contributed by atoms with Gasteiger partial charge in [0.25, 0.3) is 0 Å². The molecule has 0 bridgehead atoms. The van der Waals surface area contributed by atoms with Crippen molar-refractivity contribution < 1.29 is 9.90 Å². The summed E-state index contributed by atoms with van der Waals surface area (Å²) in [5.41, 5.74) is -0.196. The molecule has 2 unspecified atom stereocenters. The number of hydrogen-bond donors (Lipinski definition) is 1. The predicted molar refractivity (Wildman–Crippen MR) is 73.6 cm³/mol. The first-order valence-electron chi connectivity index (χ1n) is 4.73. The number of alkyl halides is 2. The molecule has 0 aliphatic heterocycles. The van der Waals surface area contributed by atoms with Crippen molar-refractivity contribution in [3.05, 3.63) is 10.6 Å². The average molecular weight is 395 g/mol. The molecule has 92 valence electrons. The number of aliphatic carboxylic acids is 1. The normalized spacial score (nSPS) is 30.4. The molecule has 1 rings (SSSR count). The summed E-state index contributed by atoms with van der Waals surface area (Å²) in [7, 11) is 0. The third-order valence-electron chi connectivity index (χ3n) is 3.11. The van der Waals surface area contributed by atoms with Crippen LogP contribution in [-0.2, 0) is 4.79 Å². The van der Waals surface area contributed by atoms with E-state index in [2.05, 4.69) is 31.9 Å². The second kappa shape index (κ2) is 5.17. The lowest BCUT2D eigenvalue weighted by molar-refractivity contribution is -0.139. The van der Waals surface area contributed by atoms with Gasteiger partial charge in [-0.1, -0.05) is 68.9 Å². The Morgan fingerprint density at radius 2 is 1.94 bits per heavy atom. The summed E-state index contributed by atoms with van der Waals surface area (Å²) in [6.45, 7) is 3.91. The van der Waals surface area contributed by atoms with E-state index in [1.807, 2.05) is 13.8 Å². The molecule has 4 atom stereocenters. The number of hydrogen-bond acceptors (Lipinski definition) is 1. The lowest BCUT2D eigenvalue weighted by Crippen LogP contribution is -2.17. The Balaban J connectivity index is 2.74. The number of rotatable bonds is 4. The van der Waals surface area contributed by atoms with Crippen molar-refractivity contribution in [2.45, 2.75) is 23.5 Å². The van der Waals surface area contributed by atoms with E-state index in [-0.39, 0.29) is 31.4 Å². The largest absolute Gasteiger partial charge is 0.481 e. The summed E-state index contributed by atoms with van der Waals surface area (Å²) >= 11 is 18.1. The molecule has 1 aliphatic carbocycles. The molecular weight excluding hydrogens is 383 g/mol. The van der Waals surface area contributed by atoms with E-state index in [0.29, 0.717) is 0 Å². The van der Waals surface area contributed by atoms with Crippen molar-refractivity contribution in [3.8, 4) is 0 Å². The van der Waals surface area contributed by atoms with Crippen LogP contribution in [-0.4, -0.2) is 20.7 Å². The molecule has 16 heavy (non-hydrogen) atoms. The van der Waals surface area contributed by atoms with Crippen LogP contribution in [0.5, 0.6) is 0 Å². The third-order valence-corrected chi connectivity index (χ3v) is 6.04. The van der Waals surface area contributed by atoms with E-state index in [9.17, 15) is 4.79 Å². The van der Waals surface area contributed by atoms with E-state index in [1.165, 1.54) is 0 Å². The number of halogens is 4. The standard InChI is InChI=1S/C10H12Br2Cl2O2/c1-10(2)6(7(10)9(15)16)8(12)4(11)3-5(13)14/h3-4,6-8H,1-2H3,(H,15,16)/t4?,6-,7-,8?/m0/s1. The second-order valence-electron chi connectivity index (χ2n) is 4.51. The van der Waals surface area contributed by atoms with Gasteiger partial charge in [-0.2, -0.15) is 0 Å². The van der Waals surface area contributed by atoms with Gasteiger partial charge in [-0.25, -0.2) is 0 Å². The Kier molecular flexibility index (Phi) is 4.78. The van der Waals surface area contributed by atoms with Crippen LogP contribution in [0.3, 0.4) is 0 Å². The van der Waals surface area contributed by atoms with E-state index in [4.69, 9.17) is 28.3 Å². The molecule has 0 spiro atoms. The summed E-state index contributed by atoms with van der Waals surface area (Å²) < 4.78 is 0.177.